The van der Waals surface area contributed by atoms with Gasteiger partial charge >= 0.3 is 0 Å². The third kappa shape index (κ3) is 5.38. The lowest BCUT2D eigenvalue weighted by Crippen LogP contribution is -2.49. The molecule has 0 bridgehead atoms. The van der Waals surface area contributed by atoms with E-state index in [2.05, 4.69) is 47.9 Å². The first-order chi connectivity index (χ1) is 14.3. The van der Waals surface area contributed by atoms with Crippen LogP contribution in [-0.2, 0) is 6.42 Å². The number of hydrogen-bond acceptors (Lipinski definition) is 6. The van der Waals surface area contributed by atoms with Crippen molar-refractivity contribution in [3.8, 4) is 0 Å². The molecule has 0 radical (unpaired) electrons. The zero-order valence-corrected chi connectivity index (χ0v) is 18.0. The average molecular weight is 414 g/mol. The molecule has 0 unspecified atom stereocenters. The molecular weight excluding hydrogens is 382 g/mol. The first kappa shape index (κ1) is 19.9. The molecule has 7 nitrogen and oxygen atoms in total. The van der Waals surface area contributed by atoms with Gasteiger partial charge in [-0.3, -0.25) is 4.99 Å². The molecule has 2 aliphatic rings. The van der Waals surface area contributed by atoms with Gasteiger partial charge in [0, 0.05) is 63.8 Å². The Morgan fingerprint density at radius 2 is 2.00 bits per heavy atom. The number of pyridine rings is 1. The molecule has 0 saturated carbocycles. The van der Waals surface area contributed by atoms with Crippen molar-refractivity contribution in [1.29, 1.82) is 0 Å². The normalized spacial score (nSPS) is 18.3. The van der Waals surface area contributed by atoms with Gasteiger partial charge in [-0.2, -0.15) is 0 Å². The molecule has 4 heterocycles. The molecule has 0 atom stereocenters. The van der Waals surface area contributed by atoms with Crippen LogP contribution in [-0.4, -0.2) is 61.7 Å². The van der Waals surface area contributed by atoms with Crippen LogP contribution in [0.3, 0.4) is 0 Å². The van der Waals surface area contributed by atoms with E-state index < -0.39 is 0 Å². The summed E-state index contributed by atoms with van der Waals surface area (Å²) < 4.78 is 0. The van der Waals surface area contributed by atoms with Crippen LogP contribution in [0.2, 0.25) is 0 Å². The number of nitrogens with one attached hydrogen (secondary N) is 2. The highest BCUT2D eigenvalue weighted by molar-refractivity contribution is 7.13. The zero-order chi connectivity index (χ0) is 19.9. The summed E-state index contributed by atoms with van der Waals surface area (Å²) in [5.74, 6) is 1.96. The van der Waals surface area contributed by atoms with Crippen LogP contribution >= 0.6 is 11.3 Å². The summed E-state index contributed by atoms with van der Waals surface area (Å²) in [7, 11) is 1.84. The fraction of sp³-hybridized carbons (Fsp3) is 0.571. The number of thiazole rings is 1. The van der Waals surface area contributed by atoms with Crippen molar-refractivity contribution in [1.82, 2.24) is 20.6 Å². The number of aliphatic imine (C=N–C) groups is 1. The smallest absolute Gasteiger partial charge is 0.191 e. The second kappa shape index (κ2) is 9.91. The maximum atomic E-state index is 4.80. The fourth-order valence-corrected chi connectivity index (χ4v) is 4.87. The van der Waals surface area contributed by atoms with Crippen molar-refractivity contribution < 1.29 is 0 Å². The first-order valence-electron chi connectivity index (χ1n) is 10.6. The zero-order valence-electron chi connectivity index (χ0n) is 17.2. The topological polar surface area (TPSA) is 68.7 Å². The lowest BCUT2D eigenvalue weighted by Gasteiger charge is -2.33. The minimum Gasteiger partial charge on any atom is -0.356 e. The number of guanidine groups is 1. The van der Waals surface area contributed by atoms with E-state index in [-0.39, 0.29) is 0 Å². The number of piperidine rings is 1. The minimum atomic E-state index is 0.446. The van der Waals surface area contributed by atoms with Crippen molar-refractivity contribution in [2.45, 2.75) is 38.1 Å². The van der Waals surface area contributed by atoms with Crippen LogP contribution in [0.1, 0.15) is 31.4 Å². The lowest BCUT2D eigenvalue weighted by molar-refractivity contribution is 0.459. The van der Waals surface area contributed by atoms with E-state index in [0.717, 1.165) is 63.8 Å². The molecular formula is C21H31N7S. The number of aromatic nitrogens is 2. The molecule has 0 amide bonds. The Labute approximate surface area is 177 Å². The van der Waals surface area contributed by atoms with Gasteiger partial charge in [-0.15, -0.1) is 11.3 Å². The summed E-state index contributed by atoms with van der Waals surface area (Å²) >= 11 is 1.77. The molecule has 2 aliphatic heterocycles. The van der Waals surface area contributed by atoms with Crippen LogP contribution in [0.25, 0.3) is 0 Å². The molecule has 2 N–H and O–H groups in total. The molecule has 156 valence electrons. The Morgan fingerprint density at radius 3 is 2.72 bits per heavy atom. The predicted molar refractivity (Wildman–Crippen MR) is 121 cm³/mol. The highest BCUT2D eigenvalue weighted by Crippen LogP contribution is 2.24. The Kier molecular flexibility index (Phi) is 6.82. The highest BCUT2D eigenvalue weighted by atomic mass is 32.1. The maximum absolute atomic E-state index is 4.80. The third-order valence-electron chi connectivity index (χ3n) is 5.62. The Hall–Kier alpha value is -2.35. The number of hydrogen-bond donors (Lipinski definition) is 2. The highest BCUT2D eigenvalue weighted by Gasteiger charge is 2.21. The van der Waals surface area contributed by atoms with Crippen LogP contribution in [0, 0.1) is 0 Å². The summed E-state index contributed by atoms with van der Waals surface area (Å²) in [5, 5.41) is 10.4. The van der Waals surface area contributed by atoms with Gasteiger partial charge in [0.15, 0.2) is 11.1 Å². The maximum Gasteiger partial charge on any atom is 0.191 e. The van der Waals surface area contributed by atoms with E-state index >= 15 is 0 Å². The van der Waals surface area contributed by atoms with Crippen molar-refractivity contribution in [2.75, 3.05) is 49.6 Å². The van der Waals surface area contributed by atoms with Gasteiger partial charge in [-0.1, -0.05) is 6.07 Å². The monoisotopic (exact) mass is 413 g/mol. The van der Waals surface area contributed by atoms with Crippen molar-refractivity contribution >= 4 is 28.2 Å². The molecule has 2 aromatic rings. The van der Waals surface area contributed by atoms with Gasteiger partial charge in [-0.25, -0.2) is 9.97 Å². The SMILES string of the molecule is CN=C(NCCc1csc(N2CCCC2)n1)NC1CCN(c2ccccn2)CC1. The molecule has 4 rings (SSSR count). The van der Waals surface area contributed by atoms with Crippen LogP contribution in [0.4, 0.5) is 10.9 Å². The van der Waals surface area contributed by atoms with E-state index in [9.17, 15) is 0 Å². The molecule has 0 aliphatic carbocycles. The fourth-order valence-electron chi connectivity index (χ4n) is 3.96. The van der Waals surface area contributed by atoms with Crippen molar-refractivity contribution in [2.24, 2.45) is 4.99 Å². The molecule has 2 fully saturated rings. The second-order valence-corrected chi connectivity index (χ2v) is 8.49. The van der Waals surface area contributed by atoms with Crippen LogP contribution < -0.4 is 20.4 Å². The van der Waals surface area contributed by atoms with Gasteiger partial charge < -0.3 is 20.4 Å². The van der Waals surface area contributed by atoms with Gasteiger partial charge in [0.1, 0.15) is 5.82 Å². The van der Waals surface area contributed by atoms with Gasteiger partial charge in [0.05, 0.1) is 5.69 Å². The van der Waals surface area contributed by atoms with E-state index in [1.165, 1.54) is 23.7 Å². The number of nitrogens with zero attached hydrogens (tertiary/aromatic N) is 5. The van der Waals surface area contributed by atoms with Crippen LogP contribution in [0.5, 0.6) is 0 Å². The van der Waals surface area contributed by atoms with Gasteiger partial charge in [0.2, 0.25) is 0 Å². The summed E-state index contributed by atoms with van der Waals surface area (Å²) in [6.45, 7) is 5.19. The van der Waals surface area contributed by atoms with E-state index in [1.807, 2.05) is 19.3 Å². The number of rotatable bonds is 6. The van der Waals surface area contributed by atoms with E-state index in [4.69, 9.17) is 4.98 Å². The first-order valence-corrected chi connectivity index (χ1v) is 11.5. The quantitative estimate of drug-likeness (QED) is 0.560. The Morgan fingerprint density at radius 1 is 1.17 bits per heavy atom. The van der Waals surface area contributed by atoms with Crippen molar-refractivity contribution in [3.05, 3.63) is 35.5 Å². The van der Waals surface area contributed by atoms with Gasteiger partial charge in [0.25, 0.3) is 0 Å². The largest absolute Gasteiger partial charge is 0.356 e. The second-order valence-electron chi connectivity index (χ2n) is 7.66. The average Bonchev–Trinajstić information content (AvgIpc) is 3.46. The minimum absolute atomic E-state index is 0.446. The number of anilines is 2. The molecule has 2 saturated heterocycles. The molecule has 8 heteroatoms. The summed E-state index contributed by atoms with van der Waals surface area (Å²) in [4.78, 5) is 18.4. The molecule has 0 spiro atoms. The Balaban J connectivity index is 1.18. The third-order valence-corrected chi connectivity index (χ3v) is 6.57. The van der Waals surface area contributed by atoms with Crippen LogP contribution in [0.15, 0.2) is 34.8 Å². The van der Waals surface area contributed by atoms with Gasteiger partial charge in [-0.05, 0) is 37.8 Å². The predicted octanol–water partition coefficient (Wildman–Crippen LogP) is 2.51. The summed E-state index contributed by atoms with van der Waals surface area (Å²) in [6.07, 6.45) is 7.54. The molecule has 29 heavy (non-hydrogen) atoms. The summed E-state index contributed by atoms with van der Waals surface area (Å²) in [5.41, 5.74) is 1.17. The Bertz CT molecular complexity index is 777. The lowest BCUT2D eigenvalue weighted by atomic mass is 10.1. The molecule has 2 aromatic heterocycles. The van der Waals surface area contributed by atoms with Crippen molar-refractivity contribution in [3.63, 3.8) is 0 Å². The van der Waals surface area contributed by atoms with E-state index in [1.54, 1.807) is 11.3 Å². The van der Waals surface area contributed by atoms with E-state index in [0.29, 0.717) is 6.04 Å². The molecule has 0 aromatic carbocycles. The standard InChI is InChI=1S/C21H31N7S/c1-22-20(24-11-7-18-16-29-21(26-18)28-12-4-5-13-28)25-17-8-14-27(15-9-17)19-6-2-3-10-23-19/h2-3,6,10,16-17H,4-5,7-9,11-15H2,1H3,(H2,22,24,25). The summed E-state index contributed by atoms with van der Waals surface area (Å²) in [6, 6.07) is 6.55.